The highest BCUT2D eigenvalue weighted by Gasteiger charge is 2.19. The second kappa shape index (κ2) is 55.7. The molecule has 388 valence electrons. The van der Waals surface area contributed by atoms with Gasteiger partial charge in [-0.1, -0.05) is 248 Å². The molecular weight excluding hydrogens is 829 g/mol. The zero-order chi connectivity index (χ0) is 48.6. The molecule has 0 aliphatic heterocycles. The second-order valence-corrected chi connectivity index (χ2v) is 19.2. The molecule has 0 radical (unpaired) electrons. The van der Waals surface area contributed by atoms with Gasteiger partial charge in [0.15, 0.2) is 6.10 Å². The Morgan fingerprint density at radius 3 is 0.925 bits per heavy atom. The Balaban J connectivity index is 4.33. The first-order valence-electron chi connectivity index (χ1n) is 28.8. The molecule has 0 bridgehead atoms. The molecule has 0 aliphatic rings. The molecule has 0 aromatic heterocycles. The van der Waals surface area contributed by atoms with Crippen LogP contribution in [0, 0.1) is 0 Å². The summed E-state index contributed by atoms with van der Waals surface area (Å²) in [7, 11) is 0. The highest BCUT2D eigenvalue weighted by atomic mass is 16.6. The molecule has 0 aliphatic carbocycles. The van der Waals surface area contributed by atoms with Crippen molar-refractivity contribution in [3.63, 3.8) is 0 Å². The maximum Gasteiger partial charge on any atom is 0.306 e. The van der Waals surface area contributed by atoms with Gasteiger partial charge in [0.1, 0.15) is 13.2 Å². The van der Waals surface area contributed by atoms with Crippen molar-refractivity contribution in [2.75, 3.05) is 13.2 Å². The Bertz CT molecular complexity index is 1210. The molecule has 0 saturated heterocycles. The second-order valence-electron chi connectivity index (χ2n) is 19.2. The lowest BCUT2D eigenvalue weighted by molar-refractivity contribution is -0.167. The lowest BCUT2D eigenvalue weighted by Gasteiger charge is -2.18. The van der Waals surface area contributed by atoms with Gasteiger partial charge in [0.25, 0.3) is 0 Å². The SMILES string of the molecule is CC/C=C\C/C=C\C/C=C\C/C=C\CCCCCCCCCCC(=O)OCC(COC(=O)CCCCCCCCCCCCC)OC(=O)CCCCCCCCC/C=C\CCCCCCCC. The summed E-state index contributed by atoms with van der Waals surface area (Å²) in [6.07, 6.45) is 69.2. The van der Waals surface area contributed by atoms with Crippen LogP contribution in [-0.2, 0) is 28.6 Å². The lowest BCUT2D eigenvalue weighted by Crippen LogP contribution is -2.30. The van der Waals surface area contributed by atoms with Crippen LogP contribution in [0.4, 0.5) is 0 Å². The van der Waals surface area contributed by atoms with Crippen molar-refractivity contribution >= 4 is 17.9 Å². The van der Waals surface area contributed by atoms with Crippen molar-refractivity contribution in [1.29, 1.82) is 0 Å². The predicted molar refractivity (Wildman–Crippen MR) is 288 cm³/mol. The normalized spacial score (nSPS) is 12.5. The van der Waals surface area contributed by atoms with Gasteiger partial charge in [-0.2, -0.15) is 0 Å². The van der Waals surface area contributed by atoms with Crippen molar-refractivity contribution in [2.45, 2.75) is 297 Å². The van der Waals surface area contributed by atoms with E-state index in [0.29, 0.717) is 19.3 Å². The molecule has 6 nitrogen and oxygen atoms in total. The molecule has 0 N–H and O–H groups in total. The standard InChI is InChI=1S/C61H108O6/c1-4-7-10-13-16-19-22-24-26-28-29-30-31-33-34-36-39-42-45-48-51-54-60(63)66-57-58(56-65-59(62)53-50-47-44-41-38-21-18-15-12-9-6-3)67-61(64)55-52-49-46-43-40-37-35-32-27-25-23-20-17-14-11-8-5-2/h7,10,16,19,24-27,29-30,58H,4-6,8-9,11-15,17-18,20-23,28,31-57H2,1-3H3/b10-7-,19-16-,26-24-,27-25-,30-29-. The molecule has 0 saturated carbocycles. The Hall–Kier alpha value is -2.89. The van der Waals surface area contributed by atoms with Crippen LogP contribution in [0.3, 0.4) is 0 Å². The predicted octanol–water partition coefficient (Wildman–Crippen LogP) is 19.2. The van der Waals surface area contributed by atoms with E-state index in [1.54, 1.807) is 0 Å². The number of esters is 3. The summed E-state index contributed by atoms with van der Waals surface area (Å²) in [5, 5.41) is 0. The number of ether oxygens (including phenoxy) is 3. The van der Waals surface area contributed by atoms with Crippen LogP contribution in [0.2, 0.25) is 0 Å². The summed E-state index contributed by atoms with van der Waals surface area (Å²) in [6, 6.07) is 0. The van der Waals surface area contributed by atoms with Crippen LogP contribution in [0.1, 0.15) is 290 Å². The van der Waals surface area contributed by atoms with Crippen LogP contribution in [0.25, 0.3) is 0 Å². The quantitative estimate of drug-likeness (QED) is 0.0262. The number of hydrogen-bond acceptors (Lipinski definition) is 6. The molecule has 1 unspecified atom stereocenters. The van der Waals surface area contributed by atoms with Gasteiger partial charge in [0, 0.05) is 19.3 Å². The number of allylic oxidation sites excluding steroid dienone is 10. The molecular formula is C61H108O6. The van der Waals surface area contributed by atoms with Crippen LogP contribution in [-0.4, -0.2) is 37.2 Å². The fourth-order valence-corrected chi connectivity index (χ4v) is 8.19. The molecule has 1 atom stereocenters. The van der Waals surface area contributed by atoms with E-state index in [9.17, 15) is 14.4 Å². The van der Waals surface area contributed by atoms with Crippen molar-refractivity contribution in [3.05, 3.63) is 60.8 Å². The number of carbonyl (C=O) groups excluding carboxylic acids is 3. The van der Waals surface area contributed by atoms with E-state index in [2.05, 4.69) is 81.5 Å². The molecule has 0 heterocycles. The van der Waals surface area contributed by atoms with E-state index in [1.807, 2.05) is 0 Å². The van der Waals surface area contributed by atoms with E-state index in [0.717, 1.165) is 89.9 Å². The van der Waals surface area contributed by atoms with E-state index in [4.69, 9.17) is 14.2 Å². The molecule has 0 aromatic carbocycles. The van der Waals surface area contributed by atoms with Gasteiger partial charge in [0.2, 0.25) is 0 Å². The first-order chi connectivity index (χ1) is 33.0. The van der Waals surface area contributed by atoms with E-state index in [1.165, 1.54) is 161 Å². The summed E-state index contributed by atoms with van der Waals surface area (Å²) in [5.41, 5.74) is 0. The third-order valence-corrected chi connectivity index (χ3v) is 12.5. The Morgan fingerprint density at radius 1 is 0.313 bits per heavy atom. The van der Waals surface area contributed by atoms with Crippen molar-refractivity contribution in [1.82, 2.24) is 0 Å². The highest BCUT2D eigenvalue weighted by molar-refractivity contribution is 5.71. The maximum absolute atomic E-state index is 12.8. The van der Waals surface area contributed by atoms with Gasteiger partial charge < -0.3 is 14.2 Å². The van der Waals surface area contributed by atoms with Crippen molar-refractivity contribution in [2.24, 2.45) is 0 Å². The Kier molecular flexibility index (Phi) is 53.3. The fraction of sp³-hybridized carbons (Fsp3) is 0.787. The van der Waals surface area contributed by atoms with Crippen molar-refractivity contribution in [3.8, 4) is 0 Å². The molecule has 67 heavy (non-hydrogen) atoms. The highest BCUT2D eigenvalue weighted by Crippen LogP contribution is 2.16. The monoisotopic (exact) mass is 937 g/mol. The first kappa shape index (κ1) is 64.1. The molecule has 0 fully saturated rings. The van der Waals surface area contributed by atoms with Gasteiger partial charge in [0.05, 0.1) is 0 Å². The van der Waals surface area contributed by atoms with E-state index in [-0.39, 0.29) is 31.1 Å². The molecule has 0 aromatic rings. The average molecular weight is 938 g/mol. The van der Waals surface area contributed by atoms with Gasteiger partial charge in [-0.05, 0) is 83.5 Å². The lowest BCUT2D eigenvalue weighted by atomic mass is 10.1. The Morgan fingerprint density at radius 2 is 0.582 bits per heavy atom. The summed E-state index contributed by atoms with van der Waals surface area (Å²) >= 11 is 0. The zero-order valence-electron chi connectivity index (χ0n) is 44.4. The largest absolute Gasteiger partial charge is 0.462 e. The number of unbranched alkanes of at least 4 members (excludes halogenated alkanes) is 31. The van der Waals surface area contributed by atoms with Crippen LogP contribution in [0.5, 0.6) is 0 Å². The molecule has 0 rings (SSSR count). The molecule has 0 spiro atoms. The Labute approximate surface area is 415 Å². The number of rotatable bonds is 52. The van der Waals surface area contributed by atoms with E-state index < -0.39 is 6.10 Å². The summed E-state index contributed by atoms with van der Waals surface area (Å²) in [6.45, 7) is 6.53. The minimum atomic E-state index is -0.777. The first-order valence-corrected chi connectivity index (χ1v) is 28.8. The van der Waals surface area contributed by atoms with Gasteiger partial charge >= 0.3 is 17.9 Å². The third kappa shape index (κ3) is 53.9. The van der Waals surface area contributed by atoms with Gasteiger partial charge in [-0.3, -0.25) is 14.4 Å². The third-order valence-electron chi connectivity index (χ3n) is 12.5. The van der Waals surface area contributed by atoms with E-state index >= 15 is 0 Å². The summed E-state index contributed by atoms with van der Waals surface area (Å²) in [5.74, 6) is -0.878. The average Bonchev–Trinajstić information content (AvgIpc) is 3.33. The molecule has 6 heteroatoms. The van der Waals surface area contributed by atoms with Crippen LogP contribution < -0.4 is 0 Å². The smallest absolute Gasteiger partial charge is 0.306 e. The minimum Gasteiger partial charge on any atom is -0.462 e. The fourth-order valence-electron chi connectivity index (χ4n) is 8.19. The number of hydrogen-bond donors (Lipinski definition) is 0. The van der Waals surface area contributed by atoms with Gasteiger partial charge in [-0.15, -0.1) is 0 Å². The summed E-state index contributed by atoms with van der Waals surface area (Å²) < 4.78 is 16.9. The minimum absolute atomic E-state index is 0.0758. The van der Waals surface area contributed by atoms with Crippen LogP contribution >= 0.6 is 0 Å². The number of carbonyl (C=O) groups is 3. The maximum atomic E-state index is 12.8. The molecule has 0 amide bonds. The van der Waals surface area contributed by atoms with Crippen molar-refractivity contribution < 1.29 is 28.6 Å². The zero-order valence-corrected chi connectivity index (χ0v) is 44.4. The topological polar surface area (TPSA) is 78.9 Å². The van der Waals surface area contributed by atoms with Gasteiger partial charge in [-0.25, -0.2) is 0 Å². The van der Waals surface area contributed by atoms with Crippen LogP contribution in [0.15, 0.2) is 60.8 Å². The summed E-state index contributed by atoms with van der Waals surface area (Å²) in [4.78, 5) is 38.1.